The van der Waals surface area contributed by atoms with Gasteiger partial charge in [-0.2, -0.15) is 5.26 Å². The number of fused-ring (bicyclic) bond motifs is 1. The number of nitrogens with two attached hydrogens (primary N) is 1. The normalized spacial score (nSPS) is 19.8. The summed E-state index contributed by atoms with van der Waals surface area (Å²) >= 11 is 7.53. The number of aliphatic imine (C=N–C) groups is 1. The molecule has 0 radical (unpaired) electrons. The molecule has 2 aliphatic rings. The summed E-state index contributed by atoms with van der Waals surface area (Å²) in [4.78, 5) is 18.8. The molecule has 0 saturated heterocycles. The third kappa shape index (κ3) is 2.44. The molecule has 2 N–H and O–H groups in total. The van der Waals surface area contributed by atoms with Crippen LogP contribution in [0.1, 0.15) is 18.5 Å². The number of hydrogen-bond donors (Lipinski definition) is 1. The minimum atomic E-state index is -0.600. The van der Waals surface area contributed by atoms with Gasteiger partial charge in [-0.05, 0) is 30.3 Å². The van der Waals surface area contributed by atoms with Gasteiger partial charge in [-0.1, -0.05) is 29.8 Å². The van der Waals surface area contributed by atoms with E-state index in [1.54, 1.807) is 24.0 Å². The van der Waals surface area contributed by atoms with Crippen molar-refractivity contribution in [1.29, 1.82) is 5.26 Å². The first-order valence-corrected chi connectivity index (χ1v) is 8.18. The smallest absolute Gasteiger partial charge is 0.338 e. The molecule has 0 amide bonds. The highest BCUT2D eigenvalue weighted by Gasteiger charge is 2.43. The summed E-state index contributed by atoms with van der Waals surface area (Å²) in [6.07, 6.45) is 0. The van der Waals surface area contributed by atoms with Crippen molar-refractivity contribution in [2.45, 2.75) is 13.0 Å². The number of esters is 1. The molecule has 122 valence electrons. The Bertz CT molecular complexity index is 869. The molecule has 8 heteroatoms. The number of nitriles is 1. The first-order valence-electron chi connectivity index (χ1n) is 6.98. The molecule has 3 rings (SSSR count). The predicted octanol–water partition coefficient (Wildman–Crippen LogP) is 2.90. The first kappa shape index (κ1) is 16.4. The van der Waals surface area contributed by atoms with Crippen LogP contribution in [0.4, 0.5) is 0 Å². The van der Waals surface area contributed by atoms with Gasteiger partial charge in [0, 0.05) is 5.02 Å². The van der Waals surface area contributed by atoms with Crippen molar-refractivity contribution in [1.82, 2.24) is 4.90 Å². The number of carbonyl (C=O) groups excluding carboxylic acids is 1. The van der Waals surface area contributed by atoms with Crippen molar-refractivity contribution in [3.63, 3.8) is 0 Å². The standard InChI is InChI=1S/C16H13ClN4O2S/c1-8-12(15(22)23-2)13(9-5-3-4-6-10(9)17)21-14(19)11(7-18)24-16(21)20-8/h3-6,13H,19H2,1-2H3/t13-/m0/s1. The Morgan fingerprint density at radius 3 is 2.83 bits per heavy atom. The number of nitrogens with zero attached hydrogens (tertiary/aromatic N) is 3. The number of thioether (sulfide) groups is 1. The van der Waals surface area contributed by atoms with Gasteiger partial charge in [0.2, 0.25) is 0 Å². The van der Waals surface area contributed by atoms with Gasteiger partial charge in [0.25, 0.3) is 0 Å². The monoisotopic (exact) mass is 360 g/mol. The highest BCUT2D eigenvalue weighted by Crippen LogP contribution is 2.46. The molecule has 1 aromatic rings. The third-order valence-corrected chi connectivity index (χ3v) is 5.10. The van der Waals surface area contributed by atoms with Crippen LogP contribution in [0, 0.1) is 11.3 Å². The van der Waals surface area contributed by atoms with E-state index in [-0.39, 0.29) is 5.82 Å². The van der Waals surface area contributed by atoms with E-state index >= 15 is 0 Å². The van der Waals surface area contributed by atoms with Crippen LogP contribution in [0.25, 0.3) is 0 Å². The number of amidine groups is 1. The molecule has 1 atom stereocenters. The molecule has 0 bridgehead atoms. The summed E-state index contributed by atoms with van der Waals surface area (Å²) < 4.78 is 4.92. The van der Waals surface area contributed by atoms with E-state index in [1.165, 1.54) is 18.9 Å². The van der Waals surface area contributed by atoms with Crippen molar-refractivity contribution in [3.8, 4) is 6.07 Å². The molecule has 0 aromatic heterocycles. The van der Waals surface area contributed by atoms with Gasteiger partial charge >= 0.3 is 5.97 Å². The van der Waals surface area contributed by atoms with E-state index in [2.05, 4.69) is 11.1 Å². The number of hydrogen-bond acceptors (Lipinski definition) is 7. The van der Waals surface area contributed by atoms with Gasteiger partial charge in [0.15, 0.2) is 5.17 Å². The molecular formula is C16H13ClN4O2S. The fourth-order valence-corrected chi connectivity index (χ4v) is 3.86. The maximum Gasteiger partial charge on any atom is 0.338 e. The quantitative estimate of drug-likeness (QED) is 0.815. The van der Waals surface area contributed by atoms with Crippen LogP contribution in [0.5, 0.6) is 0 Å². The molecule has 0 spiro atoms. The fourth-order valence-electron chi connectivity index (χ4n) is 2.70. The zero-order chi connectivity index (χ0) is 17.4. The summed E-state index contributed by atoms with van der Waals surface area (Å²) in [5.41, 5.74) is 7.68. The van der Waals surface area contributed by atoms with Crippen molar-refractivity contribution < 1.29 is 9.53 Å². The summed E-state index contributed by atoms with van der Waals surface area (Å²) in [6, 6.07) is 8.63. The number of benzene rings is 1. The number of rotatable bonds is 2. The second-order valence-corrected chi connectivity index (χ2v) is 6.49. The number of methoxy groups -OCH3 is 1. The number of halogens is 1. The van der Waals surface area contributed by atoms with Gasteiger partial charge < -0.3 is 10.5 Å². The van der Waals surface area contributed by atoms with Crippen LogP contribution < -0.4 is 5.73 Å². The fraction of sp³-hybridized carbons (Fsp3) is 0.188. The van der Waals surface area contributed by atoms with Crippen molar-refractivity contribution in [3.05, 3.63) is 56.8 Å². The van der Waals surface area contributed by atoms with Crippen LogP contribution in [0.15, 0.2) is 51.3 Å². The zero-order valence-electron chi connectivity index (χ0n) is 12.9. The second kappa shape index (κ2) is 6.23. The van der Waals surface area contributed by atoms with Gasteiger partial charge in [-0.15, -0.1) is 0 Å². The Hall–Kier alpha value is -2.43. The highest BCUT2D eigenvalue weighted by atomic mass is 35.5. The average Bonchev–Trinajstić information content (AvgIpc) is 2.89. The average molecular weight is 361 g/mol. The molecule has 0 saturated carbocycles. The van der Waals surface area contributed by atoms with E-state index in [9.17, 15) is 10.1 Å². The van der Waals surface area contributed by atoms with Crippen LogP contribution in [-0.2, 0) is 9.53 Å². The second-order valence-electron chi connectivity index (χ2n) is 5.11. The molecule has 1 aromatic carbocycles. The largest absolute Gasteiger partial charge is 0.466 e. The molecule has 0 aliphatic carbocycles. The first-order chi connectivity index (χ1) is 11.5. The SMILES string of the molecule is COC(=O)C1=C(C)N=C2SC(C#N)=C(N)N2[C@H]1c1ccccc1Cl. The Morgan fingerprint density at radius 1 is 1.50 bits per heavy atom. The van der Waals surface area contributed by atoms with E-state index < -0.39 is 12.0 Å². The van der Waals surface area contributed by atoms with E-state index in [0.717, 1.165) is 0 Å². The summed E-state index contributed by atoms with van der Waals surface area (Å²) in [7, 11) is 1.31. The maximum absolute atomic E-state index is 12.4. The molecule has 2 aliphatic heterocycles. The lowest BCUT2D eigenvalue weighted by Crippen LogP contribution is -2.38. The van der Waals surface area contributed by atoms with Crippen molar-refractivity contribution >= 4 is 34.5 Å². The summed E-state index contributed by atoms with van der Waals surface area (Å²) in [5.74, 6) is -0.261. The predicted molar refractivity (Wildman–Crippen MR) is 92.6 cm³/mol. The lowest BCUT2D eigenvalue weighted by molar-refractivity contribution is -0.136. The van der Waals surface area contributed by atoms with Crippen molar-refractivity contribution in [2.24, 2.45) is 10.7 Å². The van der Waals surface area contributed by atoms with Crippen LogP contribution >= 0.6 is 23.4 Å². The van der Waals surface area contributed by atoms with Crippen LogP contribution in [0.3, 0.4) is 0 Å². The maximum atomic E-state index is 12.4. The highest BCUT2D eigenvalue weighted by molar-refractivity contribution is 8.17. The summed E-state index contributed by atoms with van der Waals surface area (Å²) in [5, 5.41) is 10.3. The zero-order valence-corrected chi connectivity index (χ0v) is 14.5. The Morgan fingerprint density at radius 2 is 2.21 bits per heavy atom. The van der Waals surface area contributed by atoms with E-state index in [4.69, 9.17) is 22.1 Å². The molecule has 0 unspecified atom stereocenters. The molecular weight excluding hydrogens is 348 g/mol. The number of carbonyl (C=O) groups is 1. The minimum absolute atomic E-state index is 0.250. The Labute approximate surface area is 148 Å². The van der Waals surface area contributed by atoms with Crippen LogP contribution in [0.2, 0.25) is 5.02 Å². The lowest BCUT2D eigenvalue weighted by atomic mass is 9.94. The van der Waals surface area contributed by atoms with Gasteiger partial charge in [-0.25, -0.2) is 9.79 Å². The van der Waals surface area contributed by atoms with Gasteiger partial charge in [-0.3, -0.25) is 4.90 Å². The number of ether oxygens (including phenoxy) is 1. The van der Waals surface area contributed by atoms with Gasteiger partial charge in [0.05, 0.1) is 24.4 Å². The van der Waals surface area contributed by atoms with E-state index in [1.807, 2.05) is 12.1 Å². The lowest BCUT2D eigenvalue weighted by Gasteiger charge is -2.35. The van der Waals surface area contributed by atoms with Gasteiger partial charge in [0.1, 0.15) is 16.8 Å². The molecule has 2 heterocycles. The molecule has 0 fully saturated rings. The third-order valence-electron chi connectivity index (χ3n) is 3.78. The van der Waals surface area contributed by atoms with Crippen molar-refractivity contribution in [2.75, 3.05) is 7.11 Å². The molecule has 6 nitrogen and oxygen atoms in total. The Kier molecular flexibility index (Phi) is 4.26. The van der Waals surface area contributed by atoms with Crippen LogP contribution in [-0.4, -0.2) is 23.1 Å². The van der Waals surface area contributed by atoms with E-state index in [0.29, 0.717) is 31.9 Å². The minimum Gasteiger partial charge on any atom is -0.466 e. The molecule has 24 heavy (non-hydrogen) atoms. The summed E-state index contributed by atoms with van der Waals surface area (Å²) in [6.45, 7) is 1.72. The topological polar surface area (TPSA) is 91.7 Å². The number of allylic oxidation sites excluding steroid dienone is 2. The Balaban J connectivity index is 2.25.